The Morgan fingerprint density at radius 2 is 2.17 bits per heavy atom. The Labute approximate surface area is 147 Å². The van der Waals surface area contributed by atoms with Crippen LogP contribution in [-0.4, -0.2) is 26.5 Å². The molecule has 0 bridgehead atoms. The Kier molecular flexibility index (Phi) is 4.96. The fourth-order valence-corrected chi connectivity index (χ4v) is 4.30. The van der Waals surface area contributed by atoms with Crippen molar-refractivity contribution in [3.05, 3.63) is 46.1 Å². The minimum absolute atomic E-state index is 0.0595. The molecule has 0 fully saturated rings. The highest BCUT2D eigenvalue weighted by atomic mass is 32.2. The predicted octanol–water partition coefficient (Wildman–Crippen LogP) is 2.69. The zero-order chi connectivity index (χ0) is 17.3. The highest BCUT2D eigenvalue weighted by Crippen LogP contribution is 2.33. The van der Waals surface area contributed by atoms with Crippen molar-refractivity contribution in [3.8, 4) is 0 Å². The Hall–Kier alpha value is -1.80. The van der Waals surface area contributed by atoms with Gasteiger partial charge in [-0.15, -0.1) is 11.8 Å². The van der Waals surface area contributed by atoms with E-state index in [2.05, 4.69) is 17.2 Å². The molecule has 0 unspecified atom stereocenters. The van der Waals surface area contributed by atoms with Crippen molar-refractivity contribution in [2.75, 3.05) is 11.1 Å². The zero-order valence-corrected chi connectivity index (χ0v) is 14.8. The van der Waals surface area contributed by atoms with E-state index in [1.807, 2.05) is 0 Å². The number of rotatable bonds is 4. The molecule has 126 valence electrons. The molecule has 0 spiro atoms. The molecule has 0 saturated heterocycles. The molecule has 0 aliphatic carbocycles. The molecule has 1 atom stereocenters. The standard InChI is InChI=1S/C16H16FN3O2S2/c1-9-7-12-14(24-9)15(22)20(2)16(19-12)23-8-13(21)18-11-5-3-10(17)4-6-11/h3-6,9H,7-8H2,1-2H3,(H,18,21)/t9-/m0/s1. The number of hydrogen-bond donors (Lipinski definition) is 1. The van der Waals surface area contributed by atoms with Gasteiger partial charge in [0.05, 0.1) is 16.3 Å². The summed E-state index contributed by atoms with van der Waals surface area (Å²) in [6.07, 6.45) is 0.769. The SMILES string of the molecule is C[C@H]1Cc2nc(SCC(=O)Nc3ccc(F)cc3)n(C)c(=O)c2S1. The highest BCUT2D eigenvalue weighted by molar-refractivity contribution is 8.00. The normalized spacial score (nSPS) is 16.0. The Morgan fingerprint density at radius 3 is 2.88 bits per heavy atom. The van der Waals surface area contributed by atoms with E-state index in [1.54, 1.807) is 18.8 Å². The van der Waals surface area contributed by atoms with Crippen LogP contribution in [0.3, 0.4) is 0 Å². The maximum absolute atomic E-state index is 12.9. The van der Waals surface area contributed by atoms with E-state index < -0.39 is 0 Å². The Balaban J connectivity index is 1.68. The van der Waals surface area contributed by atoms with Crippen LogP contribution in [0.4, 0.5) is 10.1 Å². The van der Waals surface area contributed by atoms with E-state index in [4.69, 9.17) is 0 Å². The molecule has 1 aliphatic rings. The van der Waals surface area contributed by atoms with Gasteiger partial charge in [0.25, 0.3) is 5.56 Å². The van der Waals surface area contributed by atoms with E-state index in [0.29, 0.717) is 21.0 Å². The summed E-state index contributed by atoms with van der Waals surface area (Å²) in [6.45, 7) is 2.06. The lowest BCUT2D eigenvalue weighted by Crippen LogP contribution is -2.23. The van der Waals surface area contributed by atoms with Crippen molar-refractivity contribution < 1.29 is 9.18 Å². The first kappa shape index (κ1) is 17.0. The molecule has 1 aromatic carbocycles. The summed E-state index contributed by atoms with van der Waals surface area (Å²) in [5, 5.41) is 3.57. The second-order valence-electron chi connectivity index (χ2n) is 5.51. The largest absolute Gasteiger partial charge is 0.325 e. The second-order valence-corrected chi connectivity index (χ2v) is 7.90. The van der Waals surface area contributed by atoms with Gasteiger partial charge in [-0.25, -0.2) is 9.37 Å². The average molecular weight is 365 g/mol. The summed E-state index contributed by atoms with van der Waals surface area (Å²) in [5.74, 6) is -0.463. The number of halogens is 1. The Bertz CT molecular complexity index is 836. The van der Waals surface area contributed by atoms with Crippen LogP contribution < -0.4 is 10.9 Å². The number of aromatic nitrogens is 2. The number of fused-ring (bicyclic) bond motifs is 1. The van der Waals surface area contributed by atoms with Crippen LogP contribution in [0.1, 0.15) is 12.6 Å². The van der Waals surface area contributed by atoms with E-state index in [-0.39, 0.29) is 23.0 Å². The third kappa shape index (κ3) is 3.64. The summed E-state index contributed by atoms with van der Waals surface area (Å²) < 4.78 is 14.3. The number of carbonyl (C=O) groups is 1. The number of benzene rings is 1. The number of nitrogens with one attached hydrogen (secondary N) is 1. The van der Waals surface area contributed by atoms with Gasteiger partial charge in [-0.2, -0.15) is 0 Å². The summed E-state index contributed by atoms with van der Waals surface area (Å²) in [6, 6.07) is 5.57. The fourth-order valence-electron chi connectivity index (χ4n) is 2.37. The zero-order valence-electron chi connectivity index (χ0n) is 13.2. The predicted molar refractivity (Wildman–Crippen MR) is 94.3 cm³/mol. The van der Waals surface area contributed by atoms with Gasteiger partial charge in [0.15, 0.2) is 5.16 Å². The van der Waals surface area contributed by atoms with Crippen molar-refractivity contribution in [2.24, 2.45) is 7.05 Å². The number of nitrogens with zero attached hydrogens (tertiary/aromatic N) is 2. The molecule has 5 nitrogen and oxygen atoms in total. The molecule has 2 aromatic rings. The first-order chi connectivity index (χ1) is 11.4. The summed E-state index contributed by atoms with van der Waals surface area (Å²) in [5.41, 5.74) is 1.29. The summed E-state index contributed by atoms with van der Waals surface area (Å²) >= 11 is 2.77. The minimum atomic E-state index is -0.355. The smallest absolute Gasteiger partial charge is 0.267 e. The van der Waals surface area contributed by atoms with Gasteiger partial charge in [0.2, 0.25) is 5.91 Å². The lowest BCUT2D eigenvalue weighted by atomic mass is 10.2. The average Bonchev–Trinajstić information content (AvgIpc) is 2.92. The molecule has 3 rings (SSSR count). The first-order valence-corrected chi connectivity index (χ1v) is 9.25. The molecule has 2 heterocycles. The first-order valence-electron chi connectivity index (χ1n) is 7.39. The van der Waals surface area contributed by atoms with Gasteiger partial charge in [0, 0.05) is 24.4 Å². The summed E-state index contributed by atoms with van der Waals surface area (Å²) in [4.78, 5) is 29.6. The van der Waals surface area contributed by atoms with Crippen molar-refractivity contribution in [2.45, 2.75) is 28.6 Å². The lowest BCUT2D eigenvalue weighted by Gasteiger charge is -2.09. The van der Waals surface area contributed by atoms with Crippen LogP contribution in [0.25, 0.3) is 0 Å². The van der Waals surface area contributed by atoms with Gasteiger partial charge in [-0.05, 0) is 24.3 Å². The van der Waals surface area contributed by atoms with Gasteiger partial charge < -0.3 is 5.32 Å². The molecule has 1 aromatic heterocycles. The molecule has 1 aliphatic heterocycles. The number of carbonyl (C=O) groups excluding carboxylic acids is 1. The molecule has 1 N–H and O–H groups in total. The van der Waals surface area contributed by atoms with Gasteiger partial charge in [0.1, 0.15) is 5.82 Å². The van der Waals surface area contributed by atoms with Gasteiger partial charge in [-0.1, -0.05) is 18.7 Å². The monoisotopic (exact) mass is 365 g/mol. The number of anilines is 1. The highest BCUT2D eigenvalue weighted by Gasteiger charge is 2.25. The van der Waals surface area contributed by atoms with E-state index in [1.165, 1.54) is 40.6 Å². The number of hydrogen-bond acceptors (Lipinski definition) is 5. The van der Waals surface area contributed by atoms with Crippen LogP contribution in [0.5, 0.6) is 0 Å². The van der Waals surface area contributed by atoms with Crippen molar-refractivity contribution >= 4 is 35.1 Å². The molecular weight excluding hydrogens is 349 g/mol. The summed E-state index contributed by atoms with van der Waals surface area (Å²) in [7, 11) is 1.67. The Morgan fingerprint density at radius 1 is 1.46 bits per heavy atom. The van der Waals surface area contributed by atoms with Crippen molar-refractivity contribution in [1.82, 2.24) is 9.55 Å². The maximum Gasteiger partial charge on any atom is 0.267 e. The quantitative estimate of drug-likeness (QED) is 0.667. The second kappa shape index (κ2) is 6.98. The molecule has 8 heteroatoms. The topological polar surface area (TPSA) is 64.0 Å². The van der Waals surface area contributed by atoms with Crippen LogP contribution in [0.15, 0.2) is 39.1 Å². The third-order valence-corrected chi connectivity index (χ3v) is 5.78. The lowest BCUT2D eigenvalue weighted by molar-refractivity contribution is -0.113. The van der Waals surface area contributed by atoms with Gasteiger partial charge >= 0.3 is 0 Å². The molecule has 24 heavy (non-hydrogen) atoms. The maximum atomic E-state index is 12.9. The van der Waals surface area contributed by atoms with Crippen LogP contribution in [-0.2, 0) is 18.3 Å². The molecule has 1 amide bonds. The van der Waals surface area contributed by atoms with Crippen LogP contribution in [0.2, 0.25) is 0 Å². The van der Waals surface area contributed by atoms with Crippen LogP contribution >= 0.6 is 23.5 Å². The molecular formula is C16H16FN3O2S2. The third-order valence-electron chi connectivity index (χ3n) is 3.54. The van der Waals surface area contributed by atoms with E-state index in [9.17, 15) is 14.0 Å². The van der Waals surface area contributed by atoms with Crippen LogP contribution in [0, 0.1) is 5.82 Å². The number of thioether (sulfide) groups is 2. The van der Waals surface area contributed by atoms with Crippen molar-refractivity contribution in [3.63, 3.8) is 0 Å². The van der Waals surface area contributed by atoms with Crippen molar-refractivity contribution in [1.29, 1.82) is 0 Å². The molecule has 0 saturated carbocycles. The van der Waals surface area contributed by atoms with Gasteiger partial charge in [-0.3, -0.25) is 14.2 Å². The minimum Gasteiger partial charge on any atom is -0.325 e. The van der Waals surface area contributed by atoms with E-state index in [0.717, 1.165) is 12.1 Å². The number of amides is 1. The van der Waals surface area contributed by atoms with E-state index >= 15 is 0 Å². The molecule has 0 radical (unpaired) electrons. The fraction of sp³-hybridized carbons (Fsp3) is 0.312.